The Morgan fingerprint density at radius 1 is 1.23 bits per heavy atom. The molecule has 3 rings (SSSR count). The first-order valence-electron chi connectivity index (χ1n) is 7.57. The second-order valence-electron chi connectivity index (χ2n) is 5.90. The summed E-state index contributed by atoms with van der Waals surface area (Å²) >= 11 is 0. The zero-order chi connectivity index (χ0) is 15.5. The van der Waals surface area contributed by atoms with Gasteiger partial charge in [-0.25, -0.2) is 4.79 Å². The molecule has 2 N–H and O–H groups in total. The predicted octanol–water partition coefficient (Wildman–Crippen LogP) is 0.894. The smallest absolute Gasteiger partial charge is 0.410 e. The molecule has 2 atom stereocenters. The predicted molar refractivity (Wildman–Crippen MR) is 78.9 cm³/mol. The van der Waals surface area contributed by atoms with Crippen molar-refractivity contribution in [1.82, 2.24) is 10.2 Å². The fourth-order valence-electron chi connectivity index (χ4n) is 2.54. The van der Waals surface area contributed by atoms with E-state index in [1.807, 2.05) is 30.3 Å². The van der Waals surface area contributed by atoms with Gasteiger partial charge in [0.25, 0.3) is 0 Å². The normalized spacial score (nSPS) is 24.1. The van der Waals surface area contributed by atoms with Gasteiger partial charge in [-0.2, -0.15) is 0 Å². The quantitative estimate of drug-likeness (QED) is 0.866. The van der Waals surface area contributed by atoms with E-state index in [0.717, 1.165) is 18.4 Å². The van der Waals surface area contributed by atoms with Crippen molar-refractivity contribution in [2.45, 2.75) is 31.6 Å². The molecule has 2 fully saturated rings. The Morgan fingerprint density at radius 3 is 2.64 bits per heavy atom. The molecule has 1 unspecified atom stereocenters. The van der Waals surface area contributed by atoms with E-state index in [1.54, 1.807) is 0 Å². The second kappa shape index (κ2) is 6.36. The molecule has 1 aliphatic carbocycles. The number of likely N-dealkylation sites (tertiary alicyclic amines) is 1. The Morgan fingerprint density at radius 2 is 1.95 bits per heavy atom. The lowest BCUT2D eigenvalue weighted by atomic mass is 10.1. The minimum atomic E-state index is -0.831. The molecule has 6 nitrogen and oxygen atoms in total. The first-order chi connectivity index (χ1) is 10.6. The third kappa shape index (κ3) is 3.57. The van der Waals surface area contributed by atoms with Gasteiger partial charge in [0.2, 0.25) is 5.91 Å². The average Bonchev–Trinajstić information content (AvgIpc) is 3.25. The van der Waals surface area contributed by atoms with E-state index in [0.29, 0.717) is 0 Å². The molecule has 22 heavy (non-hydrogen) atoms. The zero-order valence-corrected chi connectivity index (χ0v) is 12.3. The fraction of sp³-hybridized carbons (Fsp3) is 0.500. The number of aliphatic hydroxyl groups is 1. The van der Waals surface area contributed by atoms with E-state index >= 15 is 0 Å². The van der Waals surface area contributed by atoms with Crippen molar-refractivity contribution in [1.29, 1.82) is 0 Å². The van der Waals surface area contributed by atoms with E-state index < -0.39 is 18.1 Å². The van der Waals surface area contributed by atoms with Crippen molar-refractivity contribution in [2.75, 3.05) is 13.1 Å². The van der Waals surface area contributed by atoms with Crippen LogP contribution in [0.5, 0.6) is 0 Å². The van der Waals surface area contributed by atoms with E-state index in [2.05, 4.69) is 5.32 Å². The summed E-state index contributed by atoms with van der Waals surface area (Å²) in [4.78, 5) is 25.4. The molecule has 1 saturated heterocycles. The van der Waals surface area contributed by atoms with Crippen LogP contribution in [-0.4, -0.2) is 47.2 Å². The van der Waals surface area contributed by atoms with Gasteiger partial charge in [-0.15, -0.1) is 0 Å². The number of hydrogen-bond acceptors (Lipinski definition) is 4. The van der Waals surface area contributed by atoms with Crippen molar-refractivity contribution in [2.24, 2.45) is 5.92 Å². The number of benzene rings is 1. The van der Waals surface area contributed by atoms with Crippen molar-refractivity contribution >= 4 is 12.0 Å². The van der Waals surface area contributed by atoms with Gasteiger partial charge in [0.05, 0.1) is 18.6 Å². The summed E-state index contributed by atoms with van der Waals surface area (Å²) in [6, 6.07) is 9.64. The van der Waals surface area contributed by atoms with E-state index in [9.17, 15) is 14.7 Å². The summed E-state index contributed by atoms with van der Waals surface area (Å²) in [5, 5.41) is 12.9. The maximum atomic E-state index is 12.0. The largest absolute Gasteiger partial charge is 0.445 e. The Hall–Kier alpha value is -2.08. The van der Waals surface area contributed by atoms with Crippen LogP contribution in [0.4, 0.5) is 4.79 Å². The lowest BCUT2D eigenvalue weighted by Gasteiger charge is -2.16. The summed E-state index contributed by atoms with van der Waals surface area (Å²) in [5.74, 6) is -0.738. The third-order valence-electron chi connectivity index (χ3n) is 4.01. The molecule has 1 aromatic rings. The summed E-state index contributed by atoms with van der Waals surface area (Å²) in [6.45, 7) is 0.523. The first-order valence-corrected chi connectivity index (χ1v) is 7.57. The van der Waals surface area contributed by atoms with Crippen molar-refractivity contribution in [3.05, 3.63) is 35.9 Å². The molecule has 0 aromatic heterocycles. The van der Waals surface area contributed by atoms with Crippen LogP contribution in [0.25, 0.3) is 0 Å². The Balaban J connectivity index is 1.49. The first kappa shape index (κ1) is 14.8. The molecule has 2 amide bonds. The molecule has 2 aliphatic rings. The maximum absolute atomic E-state index is 12.0. The highest BCUT2D eigenvalue weighted by molar-refractivity contribution is 5.81. The number of β-amino-alcohol motifs (C(OH)–C–C–N with tert-alkyl or cyclic N) is 1. The lowest BCUT2D eigenvalue weighted by molar-refractivity contribution is -0.127. The summed E-state index contributed by atoms with van der Waals surface area (Å²) < 4.78 is 5.23. The molecule has 6 heteroatoms. The molecule has 0 radical (unpaired) electrons. The molecule has 1 aliphatic heterocycles. The van der Waals surface area contributed by atoms with Crippen LogP contribution in [0.1, 0.15) is 18.4 Å². The molecule has 118 valence electrons. The van der Waals surface area contributed by atoms with Gasteiger partial charge in [0, 0.05) is 12.6 Å². The Bertz CT molecular complexity index is 544. The van der Waals surface area contributed by atoms with Gasteiger partial charge in [-0.3, -0.25) is 4.79 Å². The van der Waals surface area contributed by atoms with Gasteiger partial charge in [-0.1, -0.05) is 30.3 Å². The second-order valence-corrected chi connectivity index (χ2v) is 5.90. The van der Waals surface area contributed by atoms with Gasteiger partial charge in [-0.05, 0) is 18.4 Å². The molecule has 0 bridgehead atoms. The highest BCUT2D eigenvalue weighted by Gasteiger charge is 2.40. The monoisotopic (exact) mass is 304 g/mol. The number of carbonyl (C=O) groups is 2. The molecule has 1 heterocycles. The molecular weight excluding hydrogens is 284 g/mol. The number of aliphatic hydroxyl groups excluding tert-OH is 1. The summed E-state index contributed by atoms with van der Waals surface area (Å²) in [7, 11) is 0. The van der Waals surface area contributed by atoms with Crippen LogP contribution in [0.3, 0.4) is 0 Å². The topological polar surface area (TPSA) is 78.9 Å². The van der Waals surface area contributed by atoms with Crippen LogP contribution >= 0.6 is 0 Å². The molecular formula is C16H20N2O4. The SMILES string of the molecule is O=C(NC1CC1)C1CN(C(=O)OCc2ccccc2)C[C@H]1O. The number of nitrogens with one attached hydrogen (secondary N) is 1. The Labute approximate surface area is 129 Å². The number of ether oxygens (including phenoxy) is 1. The van der Waals surface area contributed by atoms with Gasteiger partial charge in [0.1, 0.15) is 6.61 Å². The van der Waals surface area contributed by atoms with Crippen LogP contribution in [0.15, 0.2) is 30.3 Å². The summed E-state index contributed by atoms with van der Waals surface area (Å²) in [5.41, 5.74) is 0.902. The van der Waals surface area contributed by atoms with E-state index in [4.69, 9.17) is 4.74 Å². The van der Waals surface area contributed by atoms with Gasteiger partial charge in [0.15, 0.2) is 0 Å². The number of carbonyl (C=O) groups excluding carboxylic acids is 2. The lowest BCUT2D eigenvalue weighted by Crippen LogP contribution is -2.38. The number of hydrogen-bond donors (Lipinski definition) is 2. The van der Waals surface area contributed by atoms with Crippen molar-refractivity contribution < 1.29 is 19.4 Å². The summed E-state index contributed by atoms with van der Waals surface area (Å²) in [6.07, 6.45) is 0.669. The van der Waals surface area contributed by atoms with Gasteiger partial charge < -0.3 is 20.1 Å². The standard InChI is InChI=1S/C16H20N2O4/c19-14-9-18(8-13(14)15(20)17-12-6-7-12)16(21)22-10-11-4-2-1-3-5-11/h1-5,12-14,19H,6-10H2,(H,17,20)/t13?,14-/m1/s1. The molecule has 0 spiro atoms. The number of amides is 2. The van der Waals surface area contributed by atoms with Crippen LogP contribution < -0.4 is 5.32 Å². The van der Waals surface area contributed by atoms with Crippen molar-refractivity contribution in [3.8, 4) is 0 Å². The van der Waals surface area contributed by atoms with Crippen molar-refractivity contribution in [3.63, 3.8) is 0 Å². The van der Waals surface area contributed by atoms with Crippen LogP contribution in [0, 0.1) is 5.92 Å². The fourth-order valence-corrected chi connectivity index (χ4v) is 2.54. The maximum Gasteiger partial charge on any atom is 0.410 e. The van der Waals surface area contributed by atoms with Crippen LogP contribution in [-0.2, 0) is 16.1 Å². The van der Waals surface area contributed by atoms with Crippen LogP contribution in [0.2, 0.25) is 0 Å². The minimum absolute atomic E-state index is 0.135. The number of rotatable bonds is 4. The van der Waals surface area contributed by atoms with E-state index in [1.165, 1.54) is 4.90 Å². The number of nitrogens with zero attached hydrogens (tertiary/aromatic N) is 1. The average molecular weight is 304 g/mol. The zero-order valence-electron chi connectivity index (χ0n) is 12.3. The Kier molecular flexibility index (Phi) is 4.29. The highest BCUT2D eigenvalue weighted by Crippen LogP contribution is 2.23. The minimum Gasteiger partial charge on any atom is -0.445 e. The van der Waals surface area contributed by atoms with Gasteiger partial charge >= 0.3 is 6.09 Å². The highest BCUT2D eigenvalue weighted by atomic mass is 16.6. The molecule has 1 saturated carbocycles. The molecule has 1 aromatic carbocycles. The van der Waals surface area contributed by atoms with E-state index in [-0.39, 0.29) is 31.6 Å². The third-order valence-corrected chi connectivity index (χ3v) is 4.01.